The Hall–Kier alpha value is -1.78. The maximum atomic E-state index is 12.6. The van der Waals surface area contributed by atoms with Crippen molar-refractivity contribution in [2.24, 2.45) is 0 Å². The van der Waals surface area contributed by atoms with E-state index in [4.69, 9.17) is 11.6 Å². The number of hydrogen-bond acceptors (Lipinski definition) is 2. The lowest BCUT2D eigenvalue weighted by molar-refractivity contribution is 0.595. The third-order valence-corrected chi connectivity index (χ3v) is 5.40. The van der Waals surface area contributed by atoms with Gasteiger partial charge in [-0.2, -0.15) is 0 Å². The summed E-state index contributed by atoms with van der Waals surface area (Å²) < 4.78 is 26.7. The van der Waals surface area contributed by atoms with E-state index in [0.29, 0.717) is 11.6 Å². The van der Waals surface area contributed by atoms with E-state index in [9.17, 15) is 8.42 Å². The van der Waals surface area contributed by atoms with Crippen LogP contribution < -0.4 is 4.31 Å². The SMILES string of the molecule is O=S(=O)(/C=C/c1ccc(Cl)cc1)N1CCCc2ccccc21. The number of sulfonamides is 1. The van der Waals surface area contributed by atoms with Crippen molar-refractivity contribution >= 4 is 33.4 Å². The summed E-state index contributed by atoms with van der Waals surface area (Å²) in [6.07, 6.45) is 3.36. The maximum Gasteiger partial charge on any atom is 0.257 e. The van der Waals surface area contributed by atoms with Crippen LogP contribution in [-0.2, 0) is 16.4 Å². The van der Waals surface area contributed by atoms with Crippen LogP contribution in [0.15, 0.2) is 53.9 Å². The van der Waals surface area contributed by atoms with Crippen LogP contribution in [0.5, 0.6) is 0 Å². The Kier molecular flexibility index (Phi) is 4.23. The lowest BCUT2D eigenvalue weighted by Gasteiger charge is -2.29. The fourth-order valence-corrected chi connectivity index (χ4v) is 4.01. The molecule has 2 aromatic rings. The number of anilines is 1. The van der Waals surface area contributed by atoms with Gasteiger partial charge in [-0.15, -0.1) is 0 Å². The predicted octanol–water partition coefficient (Wildman–Crippen LogP) is 4.09. The van der Waals surface area contributed by atoms with Crippen molar-refractivity contribution in [3.05, 3.63) is 70.1 Å². The number of hydrogen-bond donors (Lipinski definition) is 0. The fourth-order valence-electron chi connectivity index (χ4n) is 2.58. The van der Waals surface area contributed by atoms with Gasteiger partial charge < -0.3 is 0 Å². The van der Waals surface area contributed by atoms with Crippen LogP contribution >= 0.6 is 11.6 Å². The van der Waals surface area contributed by atoms with Crippen molar-refractivity contribution in [1.82, 2.24) is 0 Å². The van der Waals surface area contributed by atoms with Crippen LogP contribution in [0, 0.1) is 0 Å². The van der Waals surface area contributed by atoms with Crippen molar-refractivity contribution in [2.75, 3.05) is 10.8 Å². The molecule has 1 aliphatic heterocycles. The number of nitrogens with zero attached hydrogens (tertiary/aromatic N) is 1. The van der Waals surface area contributed by atoms with Gasteiger partial charge in [0.05, 0.1) is 11.1 Å². The van der Waals surface area contributed by atoms with E-state index in [0.717, 1.165) is 29.7 Å². The summed E-state index contributed by atoms with van der Waals surface area (Å²) in [4.78, 5) is 0. The van der Waals surface area contributed by atoms with Crippen LogP contribution in [0.4, 0.5) is 5.69 Å². The van der Waals surface area contributed by atoms with Crippen LogP contribution in [0.25, 0.3) is 6.08 Å². The van der Waals surface area contributed by atoms with Gasteiger partial charge in [0, 0.05) is 11.6 Å². The minimum atomic E-state index is -3.49. The molecule has 0 aromatic heterocycles. The molecule has 5 heteroatoms. The van der Waals surface area contributed by atoms with E-state index in [1.165, 1.54) is 9.71 Å². The average molecular weight is 334 g/mol. The number of rotatable bonds is 3. The second-order valence-corrected chi connectivity index (χ2v) is 7.38. The van der Waals surface area contributed by atoms with Gasteiger partial charge in [0.1, 0.15) is 0 Å². The second-order valence-electron chi connectivity index (χ2n) is 5.20. The Morgan fingerprint density at radius 3 is 2.55 bits per heavy atom. The molecular formula is C17H16ClNO2S. The lowest BCUT2D eigenvalue weighted by Crippen LogP contribution is -2.33. The largest absolute Gasteiger partial charge is 0.267 e. The van der Waals surface area contributed by atoms with Crippen molar-refractivity contribution in [2.45, 2.75) is 12.8 Å². The molecule has 0 bridgehead atoms. The highest BCUT2D eigenvalue weighted by molar-refractivity contribution is 7.95. The van der Waals surface area contributed by atoms with Crippen LogP contribution in [0.1, 0.15) is 17.5 Å². The number of halogens is 1. The zero-order valence-corrected chi connectivity index (χ0v) is 13.5. The molecule has 0 spiro atoms. The molecule has 1 aliphatic rings. The summed E-state index contributed by atoms with van der Waals surface area (Å²) in [6, 6.07) is 14.7. The maximum absolute atomic E-state index is 12.6. The van der Waals surface area contributed by atoms with E-state index in [-0.39, 0.29) is 0 Å². The Labute approximate surface area is 135 Å². The summed E-state index contributed by atoms with van der Waals surface area (Å²) in [7, 11) is -3.49. The molecule has 0 atom stereocenters. The summed E-state index contributed by atoms with van der Waals surface area (Å²) in [5, 5.41) is 1.89. The van der Waals surface area contributed by atoms with Crippen molar-refractivity contribution < 1.29 is 8.42 Å². The smallest absolute Gasteiger partial charge is 0.257 e. The van der Waals surface area contributed by atoms with E-state index in [1.54, 1.807) is 30.3 Å². The van der Waals surface area contributed by atoms with Gasteiger partial charge in [-0.3, -0.25) is 4.31 Å². The number of benzene rings is 2. The first-order valence-corrected chi connectivity index (χ1v) is 8.99. The van der Waals surface area contributed by atoms with Gasteiger partial charge in [-0.25, -0.2) is 8.42 Å². The Morgan fingerprint density at radius 2 is 1.77 bits per heavy atom. The highest BCUT2D eigenvalue weighted by atomic mass is 35.5. The molecule has 0 fully saturated rings. The Morgan fingerprint density at radius 1 is 1.05 bits per heavy atom. The monoisotopic (exact) mass is 333 g/mol. The molecule has 0 radical (unpaired) electrons. The molecule has 2 aromatic carbocycles. The third kappa shape index (κ3) is 3.18. The molecule has 0 saturated carbocycles. The molecule has 0 amide bonds. The number of fused-ring (bicyclic) bond motifs is 1. The minimum absolute atomic E-state index is 0.518. The third-order valence-electron chi connectivity index (χ3n) is 3.68. The molecule has 3 rings (SSSR count). The van der Waals surface area contributed by atoms with E-state index >= 15 is 0 Å². The highest BCUT2D eigenvalue weighted by Gasteiger charge is 2.24. The summed E-state index contributed by atoms with van der Waals surface area (Å²) >= 11 is 5.83. The first-order valence-electron chi connectivity index (χ1n) is 7.10. The predicted molar refractivity (Wildman–Crippen MR) is 91.5 cm³/mol. The average Bonchev–Trinajstić information content (AvgIpc) is 2.54. The minimum Gasteiger partial charge on any atom is -0.267 e. The molecule has 0 unspecified atom stereocenters. The van der Waals surface area contributed by atoms with Crippen molar-refractivity contribution in [3.8, 4) is 0 Å². The van der Waals surface area contributed by atoms with E-state index in [1.807, 2.05) is 24.3 Å². The molecule has 1 heterocycles. The van der Waals surface area contributed by atoms with Crippen molar-refractivity contribution in [3.63, 3.8) is 0 Å². The molecule has 114 valence electrons. The standard InChI is InChI=1S/C17H16ClNO2S/c18-16-9-7-14(8-10-16)11-13-22(20,21)19-12-3-5-15-4-1-2-6-17(15)19/h1-2,4,6-11,13H,3,5,12H2/b13-11+. The van der Waals surface area contributed by atoms with Crippen molar-refractivity contribution in [1.29, 1.82) is 0 Å². The van der Waals surface area contributed by atoms with E-state index in [2.05, 4.69) is 0 Å². The zero-order chi connectivity index (χ0) is 15.6. The van der Waals surface area contributed by atoms with E-state index < -0.39 is 10.0 Å². The molecular weight excluding hydrogens is 318 g/mol. The van der Waals surface area contributed by atoms with Crippen LogP contribution in [0.3, 0.4) is 0 Å². The van der Waals surface area contributed by atoms with Gasteiger partial charge >= 0.3 is 0 Å². The quantitative estimate of drug-likeness (QED) is 0.848. The first kappa shape index (κ1) is 15.1. The molecule has 3 nitrogen and oxygen atoms in total. The van der Waals surface area contributed by atoms with Crippen LogP contribution in [0.2, 0.25) is 5.02 Å². The lowest BCUT2D eigenvalue weighted by atomic mass is 10.0. The highest BCUT2D eigenvalue weighted by Crippen LogP contribution is 2.29. The Bertz CT molecular complexity index is 798. The normalized spacial score (nSPS) is 15.0. The molecule has 22 heavy (non-hydrogen) atoms. The van der Waals surface area contributed by atoms with Gasteiger partial charge in [0.15, 0.2) is 0 Å². The zero-order valence-electron chi connectivity index (χ0n) is 11.9. The van der Waals surface area contributed by atoms with Gasteiger partial charge in [0.2, 0.25) is 0 Å². The van der Waals surface area contributed by atoms with Gasteiger partial charge in [0.25, 0.3) is 10.0 Å². The molecule has 0 N–H and O–H groups in total. The molecule has 0 aliphatic carbocycles. The Balaban J connectivity index is 1.89. The van der Waals surface area contributed by atoms with Gasteiger partial charge in [-0.1, -0.05) is 41.9 Å². The van der Waals surface area contributed by atoms with Crippen LogP contribution in [-0.4, -0.2) is 15.0 Å². The summed E-state index contributed by atoms with van der Waals surface area (Å²) in [5.41, 5.74) is 2.67. The summed E-state index contributed by atoms with van der Waals surface area (Å²) in [5.74, 6) is 0. The summed E-state index contributed by atoms with van der Waals surface area (Å²) in [6.45, 7) is 0.518. The fraction of sp³-hybridized carbons (Fsp3) is 0.176. The number of aryl methyl sites for hydroxylation is 1. The van der Waals surface area contributed by atoms with Gasteiger partial charge in [-0.05, 0) is 48.2 Å². The second kappa shape index (κ2) is 6.15. The first-order chi connectivity index (χ1) is 10.6. The molecule has 0 saturated heterocycles. The number of para-hydroxylation sites is 1. The topological polar surface area (TPSA) is 37.4 Å².